The number of ether oxygens (including phenoxy) is 1. The summed E-state index contributed by atoms with van der Waals surface area (Å²) in [5, 5.41) is -0.0722. The Morgan fingerprint density at radius 1 is 1.48 bits per heavy atom. The number of halogens is 3. The van der Waals surface area contributed by atoms with Crippen LogP contribution in [0.1, 0.15) is 10.4 Å². The second-order valence-corrected chi connectivity index (χ2v) is 7.05. The van der Waals surface area contributed by atoms with Crippen molar-refractivity contribution in [2.75, 3.05) is 32.0 Å². The van der Waals surface area contributed by atoms with Crippen LogP contribution in [-0.4, -0.2) is 62.6 Å². The van der Waals surface area contributed by atoms with E-state index in [1.807, 2.05) is 0 Å². The van der Waals surface area contributed by atoms with Crippen molar-refractivity contribution < 1.29 is 26.7 Å². The van der Waals surface area contributed by atoms with E-state index in [1.54, 1.807) is 0 Å². The molecule has 1 saturated heterocycles. The van der Waals surface area contributed by atoms with Crippen LogP contribution in [0, 0.1) is 0 Å². The Morgan fingerprint density at radius 3 is 2.87 bits per heavy atom. The smallest absolute Gasteiger partial charge is 0.272 e. The maximum Gasteiger partial charge on any atom is 0.272 e. The molecular formula is C12H14ClF2N3O4S. The number of pyridine rings is 1. The number of carbonyl (C=O) groups excluding carboxylic acids is 1. The lowest BCUT2D eigenvalue weighted by Crippen LogP contribution is -2.34. The highest BCUT2D eigenvalue weighted by Crippen LogP contribution is 2.23. The van der Waals surface area contributed by atoms with Crippen molar-refractivity contribution in [3.05, 3.63) is 22.8 Å². The van der Waals surface area contributed by atoms with E-state index < -0.39 is 29.0 Å². The molecule has 2 heterocycles. The lowest BCUT2D eigenvalue weighted by Gasteiger charge is -2.19. The number of hydrogen-bond donors (Lipinski definition) is 1. The van der Waals surface area contributed by atoms with E-state index in [1.165, 1.54) is 11.0 Å². The molecule has 1 aromatic rings. The number of rotatable bonds is 4. The van der Waals surface area contributed by atoms with Gasteiger partial charge in [0.15, 0.2) is 6.61 Å². The fourth-order valence-corrected chi connectivity index (χ4v) is 3.15. The van der Waals surface area contributed by atoms with Crippen molar-refractivity contribution in [2.45, 2.75) is 6.43 Å². The molecule has 1 N–H and O–H groups in total. The van der Waals surface area contributed by atoms with Gasteiger partial charge in [-0.15, -0.1) is 0 Å². The van der Waals surface area contributed by atoms with E-state index in [2.05, 4.69) is 9.71 Å². The zero-order valence-electron chi connectivity index (χ0n) is 11.8. The molecule has 0 bridgehead atoms. The molecule has 0 unspecified atom stereocenters. The molecule has 7 nitrogen and oxygen atoms in total. The quantitative estimate of drug-likeness (QED) is 0.846. The van der Waals surface area contributed by atoms with E-state index in [0.717, 1.165) is 6.20 Å². The predicted octanol–water partition coefficient (Wildman–Crippen LogP) is 0.754. The molecule has 1 amide bonds. The summed E-state index contributed by atoms with van der Waals surface area (Å²) in [6, 6.07) is 1.25. The number of nitrogens with one attached hydrogen (secondary N) is 1. The van der Waals surface area contributed by atoms with Gasteiger partial charge in [0.1, 0.15) is 5.02 Å². The van der Waals surface area contributed by atoms with Crippen LogP contribution in [0.4, 0.5) is 8.78 Å². The van der Waals surface area contributed by atoms with Crippen LogP contribution in [0.3, 0.4) is 0 Å². The standard InChI is InChI=1S/C12H14ClF2N3O4S/c13-9-5-8(6-16-11(9)22-7-10(14)15)12(19)18-2-1-17-23(20,21)4-3-18/h5-6,10,17H,1-4,7H2. The van der Waals surface area contributed by atoms with Gasteiger partial charge < -0.3 is 9.64 Å². The molecule has 1 aromatic heterocycles. The first-order valence-electron chi connectivity index (χ1n) is 6.61. The maximum atomic E-state index is 12.3. The summed E-state index contributed by atoms with van der Waals surface area (Å²) in [7, 11) is -3.37. The Balaban J connectivity index is 2.09. The van der Waals surface area contributed by atoms with E-state index in [-0.39, 0.29) is 41.9 Å². The zero-order chi connectivity index (χ0) is 17.0. The monoisotopic (exact) mass is 369 g/mol. The molecule has 0 aromatic carbocycles. The molecular weight excluding hydrogens is 356 g/mol. The molecule has 0 radical (unpaired) electrons. The highest BCUT2D eigenvalue weighted by atomic mass is 35.5. The largest absolute Gasteiger partial charge is 0.471 e. The third kappa shape index (κ3) is 4.98. The Kier molecular flexibility index (Phi) is 5.71. The van der Waals surface area contributed by atoms with Crippen LogP contribution in [0.15, 0.2) is 12.3 Å². The number of amides is 1. The van der Waals surface area contributed by atoms with Gasteiger partial charge in [-0.3, -0.25) is 4.79 Å². The van der Waals surface area contributed by atoms with Gasteiger partial charge in [0.2, 0.25) is 15.9 Å². The van der Waals surface area contributed by atoms with Crippen LogP contribution in [0.25, 0.3) is 0 Å². The van der Waals surface area contributed by atoms with Crippen molar-refractivity contribution in [1.82, 2.24) is 14.6 Å². The van der Waals surface area contributed by atoms with Gasteiger partial charge in [-0.05, 0) is 6.07 Å². The molecule has 0 spiro atoms. The summed E-state index contributed by atoms with van der Waals surface area (Å²) in [4.78, 5) is 17.4. The lowest BCUT2D eigenvalue weighted by atomic mass is 10.2. The summed E-state index contributed by atoms with van der Waals surface area (Å²) >= 11 is 5.86. The number of sulfonamides is 1. The fourth-order valence-electron chi connectivity index (χ4n) is 1.93. The summed E-state index contributed by atoms with van der Waals surface area (Å²) in [5.74, 6) is -0.836. The van der Waals surface area contributed by atoms with Gasteiger partial charge in [-0.2, -0.15) is 0 Å². The molecule has 2 rings (SSSR count). The highest BCUT2D eigenvalue weighted by Gasteiger charge is 2.23. The van der Waals surface area contributed by atoms with Crippen LogP contribution >= 0.6 is 11.6 Å². The van der Waals surface area contributed by atoms with E-state index in [4.69, 9.17) is 16.3 Å². The highest BCUT2D eigenvalue weighted by molar-refractivity contribution is 7.89. The number of hydrogen-bond acceptors (Lipinski definition) is 5. The number of alkyl halides is 2. The first kappa shape index (κ1) is 17.8. The van der Waals surface area contributed by atoms with Crippen LogP contribution in [0.5, 0.6) is 5.88 Å². The molecule has 1 aliphatic rings. The first-order chi connectivity index (χ1) is 10.8. The second-order valence-electron chi connectivity index (χ2n) is 4.72. The van der Waals surface area contributed by atoms with Gasteiger partial charge in [0.25, 0.3) is 12.3 Å². The van der Waals surface area contributed by atoms with Crippen molar-refractivity contribution in [1.29, 1.82) is 0 Å². The maximum absolute atomic E-state index is 12.3. The molecule has 23 heavy (non-hydrogen) atoms. The van der Waals surface area contributed by atoms with Crippen molar-refractivity contribution >= 4 is 27.5 Å². The van der Waals surface area contributed by atoms with Gasteiger partial charge in [-0.1, -0.05) is 11.6 Å². The lowest BCUT2D eigenvalue weighted by molar-refractivity contribution is 0.0763. The van der Waals surface area contributed by atoms with E-state index >= 15 is 0 Å². The molecule has 1 fully saturated rings. The minimum Gasteiger partial charge on any atom is -0.471 e. The topological polar surface area (TPSA) is 88.6 Å². The van der Waals surface area contributed by atoms with Crippen molar-refractivity contribution in [2.24, 2.45) is 0 Å². The fraction of sp³-hybridized carbons (Fsp3) is 0.500. The predicted molar refractivity (Wildman–Crippen MR) is 78.4 cm³/mol. The van der Waals surface area contributed by atoms with Crippen LogP contribution in [0.2, 0.25) is 5.02 Å². The van der Waals surface area contributed by atoms with Crippen molar-refractivity contribution in [3.8, 4) is 5.88 Å². The summed E-state index contributed by atoms with van der Waals surface area (Å²) in [6.07, 6.45) is -1.51. The number of carbonyl (C=O) groups is 1. The Bertz CT molecular complexity index is 687. The molecule has 0 aliphatic carbocycles. The normalized spacial score (nSPS) is 17.8. The zero-order valence-corrected chi connectivity index (χ0v) is 13.4. The molecule has 128 valence electrons. The second kappa shape index (κ2) is 7.37. The molecule has 0 saturated carbocycles. The van der Waals surface area contributed by atoms with Crippen molar-refractivity contribution in [3.63, 3.8) is 0 Å². The van der Waals surface area contributed by atoms with Crippen LogP contribution in [-0.2, 0) is 10.0 Å². The third-order valence-corrected chi connectivity index (χ3v) is 4.66. The minimum atomic E-state index is -3.37. The van der Waals surface area contributed by atoms with Gasteiger partial charge in [0.05, 0.1) is 11.3 Å². The average molecular weight is 370 g/mol. The first-order valence-corrected chi connectivity index (χ1v) is 8.64. The summed E-state index contributed by atoms with van der Waals surface area (Å²) in [5.41, 5.74) is 0.124. The minimum absolute atomic E-state index is 0.0371. The number of aromatic nitrogens is 1. The molecule has 11 heteroatoms. The SMILES string of the molecule is O=C(c1cnc(OCC(F)F)c(Cl)c1)N1CCNS(=O)(=O)CC1. The third-order valence-electron chi connectivity index (χ3n) is 3.02. The summed E-state index contributed by atoms with van der Waals surface area (Å²) < 4.78 is 54.1. The Hall–Kier alpha value is -1.52. The Morgan fingerprint density at radius 2 is 2.22 bits per heavy atom. The Labute approximate surface area is 136 Å². The molecule has 0 atom stereocenters. The van der Waals surface area contributed by atoms with Gasteiger partial charge in [0, 0.05) is 25.8 Å². The van der Waals surface area contributed by atoms with E-state index in [9.17, 15) is 22.0 Å². The molecule has 1 aliphatic heterocycles. The van der Waals surface area contributed by atoms with Gasteiger partial charge in [-0.25, -0.2) is 26.9 Å². The summed E-state index contributed by atoms with van der Waals surface area (Å²) in [6.45, 7) is -0.491. The van der Waals surface area contributed by atoms with Gasteiger partial charge >= 0.3 is 0 Å². The number of nitrogens with zero attached hydrogens (tertiary/aromatic N) is 2. The van der Waals surface area contributed by atoms with Crippen LogP contribution < -0.4 is 9.46 Å². The average Bonchev–Trinajstić information content (AvgIpc) is 2.66. The van der Waals surface area contributed by atoms with E-state index in [0.29, 0.717) is 0 Å².